The number of carbonyl (C=O) groups is 1. The van der Waals surface area contributed by atoms with Crippen LogP contribution in [0.1, 0.15) is 17.3 Å². The summed E-state index contributed by atoms with van der Waals surface area (Å²) < 4.78 is 18.5. The van der Waals surface area contributed by atoms with E-state index >= 15 is 0 Å². The number of fused-ring (bicyclic) bond motifs is 1. The standard InChI is InChI=1S/C11H10FNO2/c1-2-15-11(14)8-4-3-7-5-6-13-10(7)9(8)12/h3-6,13H,2H2,1H3. The number of H-pyrrole nitrogens is 1. The number of esters is 1. The Morgan fingerprint density at radius 1 is 1.47 bits per heavy atom. The summed E-state index contributed by atoms with van der Waals surface area (Å²) in [7, 11) is 0. The van der Waals surface area contributed by atoms with Gasteiger partial charge in [0.1, 0.15) is 0 Å². The number of aromatic amines is 1. The van der Waals surface area contributed by atoms with E-state index in [2.05, 4.69) is 4.98 Å². The van der Waals surface area contributed by atoms with E-state index in [1.54, 1.807) is 25.3 Å². The molecule has 0 fully saturated rings. The van der Waals surface area contributed by atoms with Gasteiger partial charge in [-0.15, -0.1) is 0 Å². The predicted octanol–water partition coefficient (Wildman–Crippen LogP) is 2.48. The van der Waals surface area contributed by atoms with Crippen LogP contribution in [-0.4, -0.2) is 17.6 Å². The van der Waals surface area contributed by atoms with Gasteiger partial charge < -0.3 is 9.72 Å². The van der Waals surface area contributed by atoms with Crippen LogP contribution in [0.2, 0.25) is 0 Å². The molecule has 1 heterocycles. The fourth-order valence-electron chi connectivity index (χ4n) is 1.46. The monoisotopic (exact) mass is 207 g/mol. The Morgan fingerprint density at radius 2 is 2.27 bits per heavy atom. The number of rotatable bonds is 2. The number of aromatic nitrogens is 1. The van der Waals surface area contributed by atoms with Crippen LogP contribution in [0.5, 0.6) is 0 Å². The summed E-state index contributed by atoms with van der Waals surface area (Å²) in [5.41, 5.74) is 0.298. The molecule has 1 aromatic carbocycles. The highest BCUT2D eigenvalue weighted by molar-refractivity contribution is 5.95. The van der Waals surface area contributed by atoms with Crippen LogP contribution in [0.4, 0.5) is 4.39 Å². The summed E-state index contributed by atoms with van der Waals surface area (Å²) in [6, 6.07) is 4.86. The Hall–Kier alpha value is -1.84. The zero-order chi connectivity index (χ0) is 10.8. The summed E-state index contributed by atoms with van der Waals surface area (Å²) in [6.45, 7) is 1.92. The highest BCUT2D eigenvalue weighted by Crippen LogP contribution is 2.20. The number of nitrogens with one attached hydrogen (secondary N) is 1. The third kappa shape index (κ3) is 1.58. The topological polar surface area (TPSA) is 42.1 Å². The van der Waals surface area contributed by atoms with E-state index in [9.17, 15) is 9.18 Å². The summed E-state index contributed by atoms with van der Waals surface area (Å²) in [5, 5.41) is 0.737. The second-order valence-corrected chi connectivity index (χ2v) is 3.09. The molecule has 2 rings (SSSR count). The van der Waals surface area contributed by atoms with Crippen LogP contribution in [0.3, 0.4) is 0 Å². The molecular formula is C11H10FNO2. The Bertz CT molecular complexity index is 504. The Kier molecular flexibility index (Phi) is 2.41. The van der Waals surface area contributed by atoms with Crippen molar-refractivity contribution in [2.75, 3.05) is 6.61 Å². The van der Waals surface area contributed by atoms with Crippen LogP contribution in [0.15, 0.2) is 24.4 Å². The Labute approximate surface area is 85.9 Å². The molecule has 0 atom stereocenters. The van der Waals surface area contributed by atoms with Crippen molar-refractivity contribution in [1.82, 2.24) is 4.98 Å². The van der Waals surface area contributed by atoms with Crippen molar-refractivity contribution in [2.24, 2.45) is 0 Å². The maximum absolute atomic E-state index is 13.7. The van der Waals surface area contributed by atoms with E-state index in [-0.39, 0.29) is 12.2 Å². The summed E-state index contributed by atoms with van der Waals surface area (Å²) in [5.74, 6) is -1.19. The number of hydrogen-bond acceptors (Lipinski definition) is 2. The maximum atomic E-state index is 13.7. The first kappa shape index (κ1) is 9.71. The molecule has 0 spiro atoms. The molecule has 0 unspecified atom stereocenters. The van der Waals surface area contributed by atoms with Gasteiger partial charge in [-0.1, -0.05) is 6.07 Å². The van der Waals surface area contributed by atoms with Crippen molar-refractivity contribution >= 4 is 16.9 Å². The van der Waals surface area contributed by atoms with Gasteiger partial charge in [-0.25, -0.2) is 9.18 Å². The Morgan fingerprint density at radius 3 is 3.00 bits per heavy atom. The minimum Gasteiger partial charge on any atom is -0.462 e. The second kappa shape index (κ2) is 3.73. The van der Waals surface area contributed by atoms with Crippen LogP contribution >= 0.6 is 0 Å². The molecule has 0 aliphatic carbocycles. The molecule has 0 amide bonds. The normalized spacial score (nSPS) is 10.5. The van der Waals surface area contributed by atoms with E-state index in [0.717, 1.165) is 5.39 Å². The molecule has 0 radical (unpaired) electrons. The first-order chi connectivity index (χ1) is 7.24. The third-order valence-corrected chi connectivity index (χ3v) is 2.16. The van der Waals surface area contributed by atoms with Crippen LogP contribution in [0.25, 0.3) is 10.9 Å². The van der Waals surface area contributed by atoms with Gasteiger partial charge in [0, 0.05) is 11.6 Å². The minimum atomic E-state index is -0.633. The van der Waals surface area contributed by atoms with Gasteiger partial charge in [0.15, 0.2) is 5.82 Å². The van der Waals surface area contributed by atoms with Gasteiger partial charge in [0.2, 0.25) is 0 Å². The molecule has 0 saturated heterocycles. The van der Waals surface area contributed by atoms with Crippen molar-refractivity contribution in [3.05, 3.63) is 35.8 Å². The zero-order valence-electron chi connectivity index (χ0n) is 8.21. The molecule has 78 valence electrons. The second-order valence-electron chi connectivity index (χ2n) is 3.09. The average molecular weight is 207 g/mol. The number of hydrogen-bond donors (Lipinski definition) is 1. The lowest BCUT2D eigenvalue weighted by Gasteiger charge is -2.03. The average Bonchev–Trinajstić information content (AvgIpc) is 2.67. The summed E-state index contributed by atoms with van der Waals surface area (Å²) >= 11 is 0. The molecule has 15 heavy (non-hydrogen) atoms. The van der Waals surface area contributed by atoms with Gasteiger partial charge in [-0.3, -0.25) is 0 Å². The largest absolute Gasteiger partial charge is 0.462 e. The SMILES string of the molecule is CCOC(=O)c1ccc2cc[nH]c2c1F. The van der Waals surface area contributed by atoms with Gasteiger partial charge in [-0.2, -0.15) is 0 Å². The van der Waals surface area contributed by atoms with Crippen molar-refractivity contribution in [1.29, 1.82) is 0 Å². The summed E-state index contributed by atoms with van der Waals surface area (Å²) in [6.07, 6.45) is 1.63. The first-order valence-electron chi connectivity index (χ1n) is 4.66. The fraction of sp³-hybridized carbons (Fsp3) is 0.182. The molecule has 3 nitrogen and oxygen atoms in total. The van der Waals surface area contributed by atoms with E-state index in [1.165, 1.54) is 6.07 Å². The number of benzene rings is 1. The molecule has 1 N–H and O–H groups in total. The first-order valence-corrected chi connectivity index (χ1v) is 4.66. The van der Waals surface area contributed by atoms with Gasteiger partial charge >= 0.3 is 5.97 Å². The number of halogens is 1. The molecule has 0 aliphatic heterocycles. The van der Waals surface area contributed by atoms with Crippen LogP contribution in [0, 0.1) is 5.82 Å². The van der Waals surface area contributed by atoms with Crippen molar-refractivity contribution in [2.45, 2.75) is 6.92 Å². The molecule has 1 aromatic heterocycles. The zero-order valence-corrected chi connectivity index (χ0v) is 8.21. The molecule has 2 aromatic rings. The minimum absolute atomic E-state index is 0.0354. The highest BCUT2D eigenvalue weighted by Gasteiger charge is 2.15. The van der Waals surface area contributed by atoms with E-state index < -0.39 is 11.8 Å². The lowest BCUT2D eigenvalue weighted by Crippen LogP contribution is -2.07. The fourth-order valence-corrected chi connectivity index (χ4v) is 1.46. The number of carbonyl (C=O) groups excluding carboxylic acids is 1. The highest BCUT2D eigenvalue weighted by atomic mass is 19.1. The molecule has 4 heteroatoms. The van der Waals surface area contributed by atoms with Gasteiger partial charge in [0.05, 0.1) is 17.7 Å². The van der Waals surface area contributed by atoms with E-state index in [1.807, 2.05) is 0 Å². The molecule has 0 bridgehead atoms. The lowest BCUT2D eigenvalue weighted by atomic mass is 10.1. The van der Waals surface area contributed by atoms with E-state index in [0.29, 0.717) is 5.52 Å². The molecule has 0 saturated carbocycles. The smallest absolute Gasteiger partial charge is 0.341 e. The predicted molar refractivity (Wildman–Crippen MR) is 54.2 cm³/mol. The van der Waals surface area contributed by atoms with Crippen LogP contribution in [-0.2, 0) is 4.74 Å². The van der Waals surface area contributed by atoms with Gasteiger partial charge in [0.25, 0.3) is 0 Å². The van der Waals surface area contributed by atoms with Crippen LogP contribution < -0.4 is 0 Å². The maximum Gasteiger partial charge on any atom is 0.341 e. The number of ether oxygens (including phenoxy) is 1. The van der Waals surface area contributed by atoms with E-state index in [4.69, 9.17) is 4.74 Å². The lowest BCUT2D eigenvalue weighted by molar-refractivity contribution is 0.0521. The quantitative estimate of drug-likeness (QED) is 0.768. The van der Waals surface area contributed by atoms with Crippen molar-refractivity contribution < 1.29 is 13.9 Å². The van der Waals surface area contributed by atoms with Crippen molar-refractivity contribution in [3.8, 4) is 0 Å². The van der Waals surface area contributed by atoms with Crippen molar-refractivity contribution in [3.63, 3.8) is 0 Å². The third-order valence-electron chi connectivity index (χ3n) is 2.16. The van der Waals surface area contributed by atoms with Gasteiger partial charge in [-0.05, 0) is 19.1 Å². The molecule has 0 aliphatic rings. The molecular weight excluding hydrogens is 197 g/mol. The Balaban J connectivity index is 2.52. The summed E-state index contributed by atoms with van der Waals surface area (Å²) in [4.78, 5) is 14.1.